The first-order chi connectivity index (χ1) is 8.33. The SMILES string of the molecule is O=C1CC2CCCC(C1)N2CC1CCSCC1. The van der Waals surface area contributed by atoms with Gasteiger partial charge in [-0.2, -0.15) is 11.8 Å². The summed E-state index contributed by atoms with van der Waals surface area (Å²) < 4.78 is 0. The number of carbonyl (C=O) groups is 1. The molecule has 0 amide bonds. The lowest BCUT2D eigenvalue weighted by atomic mass is 9.82. The number of Topliss-reactive ketones (excluding diaryl/α,β-unsaturated/α-hetero) is 1. The first kappa shape index (κ1) is 12.0. The highest BCUT2D eigenvalue weighted by atomic mass is 32.2. The Labute approximate surface area is 109 Å². The first-order valence-electron chi connectivity index (χ1n) is 7.18. The summed E-state index contributed by atoms with van der Waals surface area (Å²) in [5, 5.41) is 0. The Morgan fingerprint density at radius 2 is 1.71 bits per heavy atom. The summed E-state index contributed by atoms with van der Waals surface area (Å²) in [7, 11) is 0. The van der Waals surface area contributed by atoms with E-state index < -0.39 is 0 Å². The van der Waals surface area contributed by atoms with E-state index in [1.807, 2.05) is 0 Å². The van der Waals surface area contributed by atoms with Crippen molar-refractivity contribution >= 4 is 17.5 Å². The average Bonchev–Trinajstić information content (AvgIpc) is 2.32. The highest BCUT2D eigenvalue weighted by molar-refractivity contribution is 7.99. The topological polar surface area (TPSA) is 20.3 Å². The van der Waals surface area contributed by atoms with Crippen LogP contribution in [0.3, 0.4) is 0 Å². The number of rotatable bonds is 2. The highest BCUT2D eigenvalue weighted by Gasteiger charge is 2.38. The van der Waals surface area contributed by atoms with Crippen LogP contribution in [-0.2, 0) is 4.79 Å². The molecule has 3 heteroatoms. The predicted octanol–water partition coefficient (Wildman–Crippen LogP) is 2.72. The van der Waals surface area contributed by atoms with E-state index in [0.29, 0.717) is 17.9 Å². The summed E-state index contributed by atoms with van der Waals surface area (Å²) >= 11 is 2.11. The molecule has 3 aliphatic heterocycles. The number of ketones is 1. The van der Waals surface area contributed by atoms with Crippen LogP contribution in [0.15, 0.2) is 0 Å². The van der Waals surface area contributed by atoms with Crippen molar-refractivity contribution in [2.75, 3.05) is 18.1 Å². The molecule has 3 aliphatic rings. The Balaban J connectivity index is 1.63. The summed E-state index contributed by atoms with van der Waals surface area (Å²) in [6.07, 6.45) is 8.37. The molecule has 17 heavy (non-hydrogen) atoms. The van der Waals surface area contributed by atoms with E-state index in [4.69, 9.17) is 0 Å². The zero-order valence-corrected chi connectivity index (χ0v) is 11.4. The van der Waals surface area contributed by atoms with Crippen LogP contribution in [0.2, 0.25) is 0 Å². The number of piperidine rings is 2. The number of fused-ring (bicyclic) bond motifs is 2. The van der Waals surface area contributed by atoms with Crippen molar-refractivity contribution in [1.82, 2.24) is 4.90 Å². The van der Waals surface area contributed by atoms with Crippen LogP contribution in [-0.4, -0.2) is 40.8 Å². The minimum Gasteiger partial charge on any atom is -0.300 e. The fraction of sp³-hybridized carbons (Fsp3) is 0.929. The molecule has 3 rings (SSSR count). The number of thioether (sulfide) groups is 1. The molecule has 0 radical (unpaired) electrons. The summed E-state index contributed by atoms with van der Waals surface area (Å²) in [5.74, 6) is 4.14. The van der Waals surface area contributed by atoms with Crippen LogP contribution >= 0.6 is 11.8 Å². The second-order valence-corrected chi connectivity index (χ2v) is 7.16. The maximum absolute atomic E-state index is 11.7. The minimum absolute atomic E-state index is 0.523. The van der Waals surface area contributed by atoms with Crippen molar-refractivity contribution in [3.05, 3.63) is 0 Å². The molecule has 96 valence electrons. The smallest absolute Gasteiger partial charge is 0.136 e. The third-order valence-corrected chi connectivity index (χ3v) is 5.80. The van der Waals surface area contributed by atoms with Crippen molar-refractivity contribution in [2.45, 2.75) is 57.0 Å². The van der Waals surface area contributed by atoms with E-state index in [-0.39, 0.29) is 0 Å². The normalized spacial score (nSPS) is 36.1. The molecule has 3 fully saturated rings. The van der Waals surface area contributed by atoms with Crippen LogP contribution in [0.4, 0.5) is 0 Å². The lowest BCUT2D eigenvalue weighted by molar-refractivity contribution is -0.127. The Hall–Kier alpha value is -0.0200. The summed E-state index contributed by atoms with van der Waals surface area (Å²) in [6, 6.07) is 1.20. The zero-order valence-electron chi connectivity index (χ0n) is 10.6. The molecule has 0 N–H and O–H groups in total. The Morgan fingerprint density at radius 3 is 2.35 bits per heavy atom. The second-order valence-electron chi connectivity index (χ2n) is 5.94. The molecule has 0 saturated carbocycles. The lowest BCUT2D eigenvalue weighted by Gasteiger charge is -2.47. The van der Waals surface area contributed by atoms with Gasteiger partial charge in [-0.05, 0) is 43.1 Å². The lowest BCUT2D eigenvalue weighted by Crippen LogP contribution is -2.53. The number of carbonyl (C=O) groups excluding carboxylic acids is 1. The summed E-state index contributed by atoms with van der Waals surface area (Å²) in [6.45, 7) is 1.28. The van der Waals surface area contributed by atoms with Crippen LogP contribution in [0.5, 0.6) is 0 Å². The van der Waals surface area contributed by atoms with Gasteiger partial charge in [0.1, 0.15) is 5.78 Å². The van der Waals surface area contributed by atoms with E-state index in [1.165, 1.54) is 50.2 Å². The Kier molecular flexibility index (Phi) is 3.76. The van der Waals surface area contributed by atoms with E-state index in [2.05, 4.69) is 16.7 Å². The van der Waals surface area contributed by atoms with Crippen LogP contribution in [0.1, 0.15) is 44.9 Å². The fourth-order valence-corrected chi connectivity index (χ4v) is 5.00. The van der Waals surface area contributed by atoms with Crippen molar-refractivity contribution in [3.63, 3.8) is 0 Å². The Bertz CT molecular complexity index is 272. The number of nitrogens with zero attached hydrogens (tertiary/aromatic N) is 1. The summed E-state index contributed by atoms with van der Waals surface area (Å²) in [5.41, 5.74) is 0. The van der Waals surface area contributed by atoms with Gasteiger partial charge >= 0.3 is 0 Å². The van der Waals surface area contributed by atoms with Crippen LogP contribution < -0.4 is 0 Å². The largest absolute Gasteiger partial charge is 0.300 e. The molecule has 2 unspecified atom stereocenters. The maximum Gasteiger partial charge on any atom is 0.136 e. The molecular formula is C14H23NOS. The fourth-order valence-electron chi connectivity index (χ4n) is 3.79. The molecule has 0 aromatic carbocycles. The van der Waals surface area contributed by atoms with Gasteiger partial charge in [0.05, 0.1) is 0 Å². The molecule has 2 nitrogen and oxygen atoms in total. The van der Waals surface area contributed by atoms with E-state index in [9.17, 15) is 4.79 Å². The highest BCUT2D eigenvalue weighted by Crippen LogP contribution is 2.34. The molecule has 0 spiro atoms. The van der Waals surface area contributed by atoms with E-state index in [1.54, 1.807) is 0 Å². The molecule has 3 saturated heterocycles. The van der Waals surface area contributed by atoms with Crippen LogP contribution in [0.25, 0.3) is 0 Å². The number of hydrogen-bond acceptors (Lipinski definition) is 3. The maximum atomic E-state index is 11.7. The van der Waals surface area contributed by atoms with Gasteiger partial charge in [0, 0.05) is 31.5 Å². The average molecular weight is 253 g/mol. The molecular weight excluding hydrogens is 230 g/mol. The van der Waals surface area contributed by atoms with E-state index in [0.717, 1.165) is 18.8 Å². The molecule has 3 heterocycles. The van der Waals surface area contributed by atoms with Gasteiger partial charge < -0.3 is 0 Å². The first-order valence-corrected chi connectivity index (χ1v) is 8.33. The third-order valence-electron chi connectivity index (χ3n) is 4.75. The molecule has 0 aliphatic carbocycles. The second kappa shape index (κ2) is 5.31. The molecule has 2 atom stereocenters. The molecule has 2 bridgehead atoms. The Morgan fingerprint density at radius 1 is 1.06 bits per heavy atom. The monoisotopic (exact) mass is 253 g/mol. The van der Waals surface area contributed by atoms with Gasteiger partial charge in [0.2, 0.25) is 0 Å². The minimum atomic E-state index is 0.523. The van der Waals surface area contributed by atoms with Crippen LogP contribution in [0, 0.1) is 5.92 Å². The number of hydrogen-bond donors (Lipinski definition) is 0. The molecule has 0 aromatic heterocycles. The summed E-state index contributed by atoms with van der Waals surface area (Å²) in [4.78, 5) is 14.4. The van der Waals surface area contributed by atoms with Gasteiger partial charge in [-0.1, -0.05) is 6.42 Å². The quantitative estimate of drug-likeness (QED) is 0.755. The van der Waals surface area contributed by atoms with Gasteiger partial charge in [-0.15, -0.1) is 0 Å². The van der Waals surface area contributed by atoms with E-state index >= 15 is 0 Å². The predicted molar refractivity (Wildman–Crippen MR) is 72.4 cm³/mol. The van der Waals surface area contributed by atoms with Gasteiger partial charge in [0.15, 0.2) is 0 Å². The van der Waals surface area contributed by atoms with Crippen molar-refractivity contribution in [1.29, 1.82) is 0 Å². The van der Waals surface area contributed by atoms with Crippen molar-refractivity contribution < 1.29 is 4.79 Å². The van der Waals surface area contributed by atoms with Gasteiger partial charge in [0.25, 0.3) is 0 Å². The van der Waals surface area contributed by atoms with Crippen molar-refractivity contribution in [3.8, 4) is 0 Å². The zero-order chi connectivity index (χ0) is 11.7. The van der Waals surface area contributed by atoms with Crippen molar-refractivity contribution in [2.24, 2.45) is 5.92 Å². The van der Waals surface area contributed by atoms with Gasteiger partial charge in [-0.25, -0.2) is 0 Å². The van der Waals surface area contributed by atoms with Gasteiger partial charge in [-0.3, -0.25) is 9.69 Å². The third kappa shape index (κ3) is 2.70. The molecule has 0 aromatic rings. The standard InChI is InChI=1S/C14H23NOS/c16-14-8-12-2-1-3-13(9-14)15(12)10-11-4-6-17-7-5-11/h11-13H,1-10H2.